The van der Waals surface area contributed by atoms with E-state index in [-0.39, 0.29) is 27.6 Å². The minimum atomic E-state index is -0.278. The molecule has 4 aliphatic rings. The number of ether oxygens (including phenoxy) is 1. The fourth-order valence-corrected chi connectivity index (χ4v) is 9.07. The first kappa shape index (κ1) is 21.6. The molecular weight excluding hydrogens is 408 g/mol. The van der Waals surface area contributed by atoms with E-state index in [1.54, 1.807) is 6.07 Å². The van der Waals surface area contributed by atoms with Gasteiger partial charge >= 0.3 is 0 Å². The van der Waals surface area contributed by atoms with E-state index in [2.05, 4.69) is 34.6 Å². The Kier molecular flexibility index (Phi) is 4.48. The molecule has 0 saturated heterocycles. The van der Waals surface area contributed by atoms with Crippen LogP contribution in [0.1, 0.15) is 84.3 Å². The van der Waals surface area contributed by atoms with Crippen molar-refractivity contribution in [2.24, 2.45) is 34.0 Å². The lowest BCUT2D eigenvalue weighted by atomic mass is 9.37. The molecule has 3 fully saturated rings. The molecule has 170 valence electrons. The van der Waals surface area contributed by atoms with Crippen LogP contribution >= 0.6 is 11.6 Å². The van der Waals surface area contributed by atoms with Gasteiger partial charge in [0.25, 0.3) is 0 Å². The van der Waals surface area contributed by atoms with Crippen molar-refractivity contribution in [3.63, 3.8) is 0 Å². The molecule has 1 aromatic rings. The summed E-state index contributed by atoms with van der Waals surface area (Å²) in [5.74, 6) is 2.78. The molecule has 0 bridgehead atoms. The Bertz CT molecular complexity index is 968. The molecule has 4 heteroatoms. The molecule has 1 heterocycles. The van der Waals surface area contributed by atoms with Gasteiger partial charge in [-0.1, -0.05) is 46.2 Å². The number of benzene rings is 1. The van der Waals surface area contributed by atoms with E-state index in [9.17, 15) is 9.90 Å². The molecule has 1 N–H and O–H groups in total. The minimum absolute atomic E-state index is 0.0277. The fourth-order valence-electron chi connectivity index (χ4n) is 8.90. The number of halogens is 1. The number of ketones is 1. The van der Waals surface area contributed by atoms with Crippen LogP contribution in [-0.2, 0) is 11.2 Å². The molecule has 1 aliphatic heterocycles. The number of rotatable bonds is 0. The number of carbonyl (C=O) groups is 1. The Morgan fingerprint density at radius 2 is 1.81 bits per heavy atom. The van der Waals surface area contributed by atoms with Crippen LogP contribution in [0.4, 0.5) is 0 Å². The van der Waals surface area contributed by atoms with E-state index in [0.717, 1.165) is 43.4 Å². The van der Waals surface area contributed by atoms with E-state index in [4.69, 9.17) is 16.3 Å². The summed E-state index contributed by atoms with van der Waals surface area (Å²) < 4.78 is 6.95. The Labute approximate surface area is 191 Å². The number of fused-ring (bicyclic) bond motifs is 5. The standard InChI is InChI=1S/C27H37ClO3/c1-15-7-8-21-25(5)11-10-22(30)24(3,4)20(25)9-12-26(21,6)27(15)14-17-16(2)23(28)18(29)13-19(17)31-27/h13,15,20-21,29H,7-12,14H2,1-6H3/t15-,20-,21+,25-,26+,27+/m0/s1. The van der Waals surface area contributed by atoms with E-state index in [0.29, 0.717) is 35.0 Å². The summed E-state index contributed by atoms with van der Waals surface area (Å²) in [7, 11) is 0. The lowest BCUT2D eigenvalue weighted by Gasteiger charge is -2.68. The van der Waals surface area contributed by atoms with Gasteiger partial charge in [-0.25, -0.2) is 0 Å². The third-order valence-electron chi connectivity index (χ3n) is 10.7. The quantitative estimate of drug-likeness (QED) is 0.474. The summed E-state index contributed by atoms with van der Waals surface area (Å²) in [6, 6.07) is 1.73. The molecule has 0 aromatic heterocycles. The van der Waals surface area contributed by atoms with Gasteiger partial charge in [0.1, 0.15) is 22.9 Å². The highest BCUT2D eigenvalue weighted by atomic mass is 35.5. The van der Waals surface area contributed by atoms with Gasteiger partial charge in [0, 0.05) is 35.3 Å². The van der Waals surface area contributed by atoms with Crippen molar-refractivity contribution in [1.82, 2.24) is 0 Å². The monoisotopic (exact) mass is 444 g/mol. The first-order valence-corrected chi connectivity index (χ1v) is 12.5. The molecule has 0 unspecified atom stereocenters. The summed E-state index contributed by atoms with van der Waals surface area (Å²) in [6.45, 7) is 13.7. The van der Waals surface area contributed by atoms with Crippen molar-refractivity contribution < 1.29 is 14.6 Å². The zero-order chi connectivity index (χ0) is 22.6. The van der Waals surface area contributed by atoms with Crippen molar-refractivity contribution in [3.05, 3.63) is 22.2 Å². The highest BCUT2D eigenvalue weighted by Crippen LogP contribution is 2.71. The van der Waals surface area contributed by atoms with Crippen LogP contribution in [0.3, 0.4) is 0 Å². The first-order chi connectivity index (χ1) is 14.4. The highest BCUT2D eigenvalue weighted by Gasteiger charge is 2.69. The maximum Gasteiger partial charge on any atom is 0.138 e. The average Bonchev–Trinajstić information content (AvgIpc) is 3.09. The molecule has 3 nitrogen and oxygen atoms in total. The molecule has 5 rings (SSSR count). The van der Waals surface area contributed by atoms with E-state index >= 15 is 0 Å². The lowest BCUT2D eigenvalue weighted by Crippen LogP contribution is -2.68. The molecule has 3 aliphatic carbocycles. The lowest BCUT2D eigenvalue weighted by molar-refractivity contribution is -0.222. The minimum Gasteiger partial charge on any atom is -0.506 e. The molecule has 0 radical (unpaired) electrons. The fraction of sp³-hybridized carbons (Fsp3) is 0.741. The predicted molar refractivity (Wildman–Crippen MR) is 124 cm³/mol. The SMILES string of the molecule is Cc1c(Cl)c(O)cc2c1C[C@@]1(O2)[C@@H](C)CC[C@@H]2[C@@]3(C)CCC(=O)C(C)(C)[C@@H]3CC[C@]21C. The van der Waals surface area contributed by atoms with Crippen LogP contribution in [0.2, 0.25) is 5.02 Å². The molecule has 6 atom stereocenters. The summed E-state index contributed by atoms with van der Waals surface area (Å²) in [6.07, 6.45) is 7.10. The number of phenols is 1. The number of hydrogen-bond donors (Lipinski definition) is 1. The molecule has 3 saturated carbocycles. The smallest absolute Gasteiger partial charge is 0.138 e. The number of aromatic hydroxyl groups is 1. The number of hydrogen-bond acceptors (Lipinski definition) is 3. The summed E-state index contributed by atoms with van der Waals surface area (Å²) in [5, 5.41) is 10.8. The van der Waals surface area contributed by atoms with Gasteiger partial charge in [0.2, 0.25) is 0 Å². The largest absolute Gasteiger partial charge is 0.506 e. The Morgan fingerprint density at radius 1 is 1.10 bits per heavy atom. The topological polar surface area (TPSA) is 46.5 Å². The molecule has 0 amide bonds. The van der Waals surface area contributed by atoms with Crippen LogP contribution in [0.15, 0.2) is 6.07 Å². The zero-order valence-corrected chi connectivity index (χ0v) is 20.7. The van der Waals surface area contributed by atoms with Crippen molar-refractivity contribution in [2.45, 2.75) is 92.1 Å². The van der Waals surface area contributed by atoms with E-state index in [1.807, 2.05) is 6.92 Å². The summed E-state index contributed by atoms with van der Waals surface area (Å²) >= 11 is 6.42. The number of carbonyl (C=O) groups excluding carboxylic acids is 1. The molecular formula is C27H37ClO3. The van der Waals surface area contributed by atoms with Gasteiger partial charge in [0.05, 0.1) is 5.02 Å². The number of Topliss-reactive ketones (excluding diaryl/α,β-unsaturated/α-hetero) is 1. The van der Waals surface area contributed by atoms with Crippen LogP contribution in [0.5, 0.6) is 11.5 Å². The van der Waals surface area contributed by atoms with E-state index < -0.39 is 0 Å². The second kappa shape index (κ2) is 6.43. The Hall–Kier alpha value is -1.22. The van der Waals surface area contributed by atoms with Gasteiger partial charge in [-0.15, -0.1) is 0 Å². The number of phenolic OH excluding ortho intramolecular Hbond substituents is 1. The van der Waals surface area contributed by atoms with Gasteiger partial charge < -0.3 is 9.84 Å². The molecule has 31 heavy (non-hydrogen) atoms. The van der Waals surface area contributed by atoms with Crippen LogP contribution in [0, 0.1) is 40.9 Å². The van der Waals surface area contributed by atoms with Gasteiger partial charge in [0.15, 0.2) is 0 Å². The maximum atomic E-state index is 12.8. The van der Waals surface area contributed by atoms with Gasteiger partial charge in [-0.05, 0) is 67.8 Å². The average molecular weight is 445 g/mol. The first-order valence-electron chi connectivity index (χ1n) is 12.1. The second-order valence-corrected chi connectivity index (χ2v) is 12.5. The molecule has 1 aromatic carbocycles. The predicted octanol–water partition coefficient (Wildman–Crippen LogP) is 6.89. The summed E-state index contributed by atoms with van der Waals surface area (Å²) in [4.78, 5) is 12.8. The second-order valence-electron chi connectivity index (χ2n) is 12.2. The van der Waals surface area contributed by atoms with Gasteiger partial charge in [-0.3, -0.25) is 4.79 Å². The van der Waals surface area contributed by atoms with Crippen LogP contribution in [-0.4, -0.2) is 16.5 Å². The van der Waals surface area contributed by atoms with Crippen LogP contribution in [0.25, 0.3) is 0 Å². The van der Waals surface area contributed by atoms with Crippen molar-refractivity contribution >= 4 is 17.4 Å². The normalized spacial score (nSPS) is 43.2. The van der Waals surface area contributed by atoms with Crippen LogP contribution < -0.4 is 4.74 Å². The zero-order valence-electron chi connectivity index (χ0n) is 19.9. The molecule has 1 spiro atoms. The van der Waals surface area contributed by atoms with Gasteiger partial charge in [-0.2, -0.15) is 0 Å². The maximum absolute atomic E-state index is 12.8. The van der Waals surface area contributed by atoms with E-state index in [1.165, 1.54) is 12.0 Å². The summed E-state index contributed by atoms with van der Waals surface area (Å²) in [5.41, 5.74) is 1.79. The Balaban J connectivity index is 1.61. The third kappa shape index (κ3) is 2.50. The van der Waals surface area contributed by atoms with Crippen molar-refractivity contribution in [3.8, 4) is 11.5 Å². The van der Waals surface area contributed by atoms with Crippen molar-refractivity contribution in [2.75, 3.05) is 0 Å². The highest BCUT2D eigenvalue weighted by molar-refractivity contribution is 6.33. The van der Waals surface area contributed by atoms with Crippen molar-refractivity contribution in [1.29, 1.82) is 0 Å². The third-order valence-corrected chi connectivity index (χ3v) is 11.2. The Morgan fingerprint density at radius 3 is 2.52 bits per heavy atom.